The van der Waals surface area contributed by atoms with Crippen molar-refractivity contribution in [3.05, 3.63) is 0 Å². The van der Waals surface area contributed by atoms with Crippen LogP contribution < -0.4 is 10.6 Å². The number of carbonyl (C=O) groups is 1. The molecule has 2 heterocycles. The van der Waals surface area contributed by atoms with Gasteiger partial charge in [0, 0.05) is 26.1 Å². The number of nitrogens with one attached hydrogen (secondary N) is 2. The topological polar surface area (TPSA) is 78.5 Å². The minimum absolute atomic E-state index is 0.143. The van der Waals surface area contributed by atoms with Crippen LogP contribution in [0.3, 0.4) is 0 Å². The van der Waals surface area contributed by atoms with E-state index in [0.717, 1.165) is 32.4 Å². The van der Waals surface area contributed by atoms with E-state index in [1.165, 1.54) is 23.4 Å². The molecular formula is C15H29N3O3S. The normalized spacial score (nSPS) is 22.6. The zero-order valence-electron chi connectivity index (χ0n) is 13.5. The van der Waals surface area contributed by atoms with Crippen molar-refractivity contribution in [2.75, 3.05) is 39.0 Å². The molecule has 2 N–H and O–H groups in total. The van der Waals surface area contributed by atoms with E-state index in [1.807, 2.05) is 0 Å². The minimum Gasteiger partial charge on any atom is -0.356 e. The quantitative estimate of drug-likeness (QED) is 0.745. The van der Waals surface area contributed by atoms with Gasteiger partial charge >= 0.3 is 0 Å². The molecule has 128 valence electrons. The highest BCUT2D eigenvalue weighted by molar-refractivity contribution is 7.88. The van der Waals surface area contributed by atoms with E-state index >= 15 is 0 Å². The van der Waals surface area contributed by atoms with Crippen LogP contribution in [0.15, 0.2) is 0 Å². The van der Waals surface area contributed by atoms with E-state index in [4.69, 9.17) is 0 Å². The first kappa shape index (κ1) is 17.7. The second-order valence-corrected chi connectivity index (χ2v) is 8.62. The number of piperidine rings is 2. The Balaban J connectivity index is 1.59. The molecule has 7 heteroatoms. The number of carbonyl (C=O) groups excluding carboxylic acids is 1. The number of sulfonamides is 1. The van der Waals surface area contributed by atoms with E-state index in [9.17, 15) is 13.2 Å². The molecule has 2 saturated heterocycles. The Hall–Kier alpha value is -0.660. The Labute approximate surface area is 134 Å². The van der Waals surface area contributed by atoms with Gasteiger partial charge < -0.3 is 10.6 Å². The second kappa shape index (κ2) is 8.26. The molecule has 0 aromatic carbocycles. The molecule has 0 aliphatic carbocycles. The highest BCUT2D eigenvalue weighted by Crippen LogP contribution is 2.19. The Morgan fingerprint density at radius 2 is 1.77 bits per heavy atom. The highest BCUT2D eigenvalue weighted by atomic mass is 32.2. The molecule has 0 aromatic heterocycles. The molecule has 0 spiro atoms. The van der Waals surface area contributed by atoms with Gasteiger partial charge in [-0.2, -0.15) is 0 Å². The Kier molecular flexibility index (Phi) is 6.65. The summed E-state index contributed by atoms with van der Waals surface area (Å²) in [5.41, 5.74) is 0. The van der Waals surface area contributed by atoms with Gasteiger partial charge in [-0.25, -0.2) is 12.7 Å². The summed E-state index contributed by atoms with van der Waals surface area (Å²) in [6.07, 6.45) is 6.89. The van der Waals surface area contributed by atoms with Crippen molar-refractivity contribution in [3.63, 3.8) is 0 Å². The van der Waals surface area contributed by atoms with Crippen LogP contribution in [0.5, 0.6) is 0 Å². The average Bonchev–Trinajstić information content (AvgIpc) is 2.51. The first-order chi connectivity index (χ1) is 10.4. The summed E-state index contributed by atoms with van der Waals surface area (Å²) in [6.45, 7) is 3.99. The fraction of sp³-hybridized carbons (Fsp3) is 0.933. The molecular weight excluding hydrogens is 302 g/mol. The summed E-state index contributed by atoms with van der Waals surface area (Å²) >= 11 is 0. The number of amides is 1. The van der Waals surface area contributed by atoms with Crippen molar-refractivity contribution in [1.29, 1.82) is 0 Å². The lowest BCUT2D eigenvalue weighted by atomic mass is 9.93. The molecule has 0 atom stereocenters. The smallest absolute Gasteiger partial charge is 0.220 e. The standard InChI is InChI=1S/C15H29N3O3S/c1-22(20,21)18-10-6-14(7-11-18)12-17-15(19)3-2-13-4-8-16-9-5-13/h13-14,16H,2-12H2,1H3,(H,17,19). The zero-order chi connectivity index (χ0) is 16.0. The van der Waals surface area contributed by atoms with Gasteiger partial charge in [-0.3, -0.25) is 4.79 Å². The van der Waals surface area contributed by atoms with Crippen molar-refractivity contribution in [3.8, 4) is 0 Å². The third-order valence-corrected chi connectivity index (χ3v) is 6.17. The minimum atomic E-state index is -3.06. The van der Waals surface area contributed by atoms with E-state index in [0.29, 0.717) is 37.9 Å². The summed E-state index contributed by atoms with van der Waals surface area (Å²) < 4.78 is 24.4. The van der Waals surface area contributed by atoms with Crippen LogP contribution in [0.4, 0.5) is 0 Å². The van der Waals surface area contributed by atoms with Gasteiger partial charge in [0.25, 0.3) is 0 Å². The first-order valence-corrected chi connectivity index (χ1v) is 10.2. The summed E-state index contributed by atoms with van der Waals surface area (Å²) in [4.78, 5) is 11.9. The van der Waals surface area contributed by atoms with Gasteiger partial charge in [0.1, 0.15) is 0 Å². The van der Waals surface area contributed by atoms with E-state index in [2.05, 4.69) is 10.6 Å². The molecule has 0 aromatic rings. The van der Waals surface area contributed by atoms with Gasteiger partial charge in [-0.15, -0.1) is 0 Å². The maximum Gasteiger partial charge on any atom is 0.220 e. The maximum atomic E-state index is 11.9. The van der Waals surface area contributed by atoms with Gasteiger partial charge in [0.15, 0.2) is 0 Å². The molecule has 2 aliphatic heterocycles. The second-order valence-electron chi connectivity index (χ2n) is 6.64. The molecule has 6 nitrogen and oxygen atoms in total. The highest BCUT2D eigenvalue weighted by Gasteiger charge is 2.25. The van der Waals surface area contributed by atoms with Gasteiger partial charge in [-0.1, -0.05) is 0 Å². The van der Waals surface area contributed by atoms with E-state index in [1.54, 1.807) is 0 Å². The summed E-state index contributed by atoms with van der Waals surface area (Å²) in [6, 6.07) is 0. The van der Waals surface area contributed by atoms with Gasteiger partial charge in [0.2, 0.25) is 15.9 Å². The predicted octanol–water partition coefficient (Wildman–Crippen LogP) is 0.554. The van der Waals surface area contributed by atoms with Gasteiger partial charge in [0.05, 0.1) is 6.26 Å². The van der Waals surface area contributed by atoms with Crippen LogP contribution in [0.25, 0.3) is 0 Å². The van der Waals surface area contributed by atoms with Crippen molar-refractivity contribution in [1.82, 2.24) is 14.9 Å². The van der Waals surface area contributed by atoms with Crippen molar-refractivity contribution < 1.29 is 13.2 Å². The Bertz CT molecular complexity index is 453. The molecule has 22 heavy (non-hydrogen) atoms. The number of hydrogen-bond donors (Lipinski definition) is 2. The fourth-order valence-corrected chi connectivity index (χ4v) is 4.17. The summed E-state index contributed by atoms with van der Waals surface area (Å²) in [5.74, 6) is 1.23. The number of hydrogen-bond acceptors (Lipinski definition) is 4. The third-order valence-electron chi connectivity index (χ3n) is 4.87. The number of rotatable bonds is 6. The molecule has 2 rings (SSSR count). The first-order valence-electron chi connectivity index (χ1n) is 8.37. The summed E-state index contributed by atoms with van der Waals surface area (Å²) in [5, 5.41) is 6.36. The fourth-order valence-electron chi connectivity index (χ4n) is 3.30. The average molecular weight is 331 g/mol. The van der Waals surface area contributed by atoms with Crippen LogP contribution in [0.2, 0.25) is 0 Å². The Morgan fingerprint density at radius 3 is 2.36 bits per heavy atom. The SMILES string of the molecule is CS(=O)(=O)N1CCC(CNC(=O)CCC2CCNCC2)CC1. The lowest BCUT2D eigenvalue weighted by molar-refractivity contribution is -0.121. The Morgan fingerprint density at radius 1 is 1.14 bits per heavy atom. The lowest BCUT2D eigenvalue weighted by Gasteiger charge is -2.30. The van der Waals surface area contributed by atoms with Crippen LogP contribution >= 0.6 is 0 Å². The van der Waals surface area contributed by atoms with Crippen molar-refractivity contribution in [2.24, 2.45) is 11.8 Å². The predicted molar refractivity (Wildman–Crippen MR) is 87.0 cm³/mol. The van der Waals surface area contributed by atoms with Crippen molar-refractivity contribution >= 4 is 15.9 Å². The maximum absolute atomic E-state index is 11.9. The van der Waals surface area contributed by atoms with Gasteiger partial charge in [-0.05, 0) is 57.0 Å². The monoisotopic (exact) mass is 331 g/mol. The van der Waals surface area contributed by atoms with Crippen molar-refractivity contribution in [2.45, 2.75) is 38.5 Å². The van der Waals surface area contributed by atoms with E-state index < -0.39 is 10.0 Å². The molecule has 0 bridgehead atoms. The zero-order valence-corrected chi connectivity index (χ0v) is 14.3. The van der Waals surface area contributed by atoms with Crippen LogP contribution in [0, 0.1) is 11.8 Å². The third kappa shape index (κ3) is 5.85. The molecule has 2 fully saturated rings. The van der Waals surface area contributed by atoms with Crippen LogP contribution in [0.1, 0.15) is 38.5 Å². The molecule has 0 saturated carbocycles. The number of nitrogens with zero attached hydrogens (tertiary/aromatic N) is 1. The van der Waals surface area contributed by atoms with Crippen LogP contribution in [-0.4, -0.2) is 57.6 Å². The molecule has 2 aliphatic rings. The van der Waals surface area contributed by atoms with E-state index in [-0.39, 0.29) is 5.91 Å². The molecule has 0 unspecified atom stereocenters. The summed E-state index contributed by atoms with van der Waals surface area (Å²) in [7, 11) is -3.06. The molecule has 0 radical (unpaired) electrons. The largest absolute Gasteiger partial charge is 0.356 e. The molecule has 1 amide bonds. The van der Waals surface area contributed by atoms with Crippen LogP contribution in [-0.2, 0) is 14.8 Å². The lowest BCUT2D eigenvalue weighted by Crippen LogP contribution is -2.41.